The summed E-state index contributed by atoms with van der Waals surface area (Å²) >= 11 is 0. The Balaban J connectivity index is 1.21. The lowest BCUT2D eigenvalue weighted by molar-refractivity contribution is 0.414. The van der Waals surface area contributed by atoms with Crippen LogP contribution in [0.3, 0.4) is 0 Å². The molecular weight excluding hydrogens is 537 g/mol. The van der Waals surface area contributed by atoms with E-state index in [9.17, 15) is 0 Å². The third kappa shape index (κ3) is 18.8. The van der Waals surface area contributed by atoms with Crippen molar-refractivity contribution in [3.8, 4) is 11.5 Å². The Bertz CT molecular complexity index is 790. The molecule has 0 unspecified atom stereocenters. The Hall–Kier alpha value is -1.42. The lowest BCUT2D eigenvalue weighted by Gasteiger charge is -2.08. The third-order valence-corrected chi connectivity index (χ3v) is 9.06. The second-order valence-electron chi connectivity index (χ2n) is 10.0. The molecule has 0 saturated carbocycles. The molecule has 0 aliphatic rings. The molecular formula is C32H54N4O2S2. The standard InChI is InChI=1S/C32H54N4O2S2/c1-37-31-15-11-13-29(25-31)27-35-19-9-5-3-7-17-33-21-23-39-40-24-22-34-18-8-4-6-10-20-36-28-30-14-12-16-32(26-30)38-2/h11-16,25-26,33-36H,3-10,17-24,27-28H2,1-2H3. The summed E-state index contributed by atoms with van der Waals surface area (Å²) in [6.07, 6.45) is 10.3. The second-order valence-corrected chi connectivity index (χ2v) is 12.7. The first-order chi connectivity index (χ1) is 19.8. The van der Waals surface area contributed by atoms with Crippen LogP contribution in [0.1, 0.15) is 62.5 Å². The van der Waals surface area contributed by atoms with Gasteiger partial charge in [0, 0.05) is 37.7 Å². The van der Waals surface area contributed by atoms with E-state index in [0.29, 0.717) is 0 Å². The molecule has 0 bridgehead atoms. The molecule has 0 saturated heterocycles. The molecule has 0 aliphatic carbocycles. The Morgan fingerprint density at radius 3 is 1.30 bits per heavy atom. The van der Waals surface area contributed by atoms with Gasteiger partial charge in [-0.3, -0.25) is 0 Å². The summed E-state index contributed by atoms with van der Waals surface area (Å²) in [6, 6.07) is 16.6. The van der Waals surface area contributed by atoms with E-state index in [-0.39, 0.29) is 0 Å². The van der Waals surface area contributed by atoms with E-state index in [1.165, 1.54) is 74.0 Å². The summed E-state index contributed by atoms with van der Waals surface area (Å²) in [7, 11) is 7.42. The van der Waals surface area contributed by atoms with Crippen LogP contribution in [-0.4, -0.2) is 65.0 Å². The Morgan fingerprint density at radius 1 is 0.500 bits per heavy atom. The van der Waals surface area contributed by atoms with Crippen LogP contribution in [-0.2, 0) is 13.1 Å². The number of unbranched alkanes of at least 4 members (excludes halogenated alkanes) is 6. The van der Waals surface area contributed by atoms with Gasteiger partial charge in [-0.2, -0.15) is 0 Å². The summed E-state index contributed by atoms with van der Waals surface area (Å²) < 4.78 is 10.6. The summed E-state index contributed by atoms with van der Waals surface area (Å²) in [5.41, 5.74) is 2.56. The smallest absolute Gasteiger partial charge is 0.119 e. The van der Waals surface area contributed by atoms with Crippen LogP contribution in [0.25, 0.3) is 0 Å². The fraction of sp³-hybridized carbons (Fsp3) is 0.625. The Labute approximate surface area is 252 Å². The maximum atomic E-state index is 5.28. The van der Waals surface area contributed by atoms with E-state index < -0.39 is 0 Å². The van der Waals surface area contributed by atoms with Crippen molar-refractivity contribution in [3.05, 3.63) is 59.7 Å². The van der Waals surface area contributed by atoms with Crippen LogP contribution in [0, 0.1) is 0 Å². The summed E-state index contributed by atoms with van der Waals surface area (Å²) in [5.74, 6) is 4.23. The summed E-state index contributed by atoms with van der Waals surface area (Å²) in [6.45, 7) is 8.50. The van der Waals surface area contributed by atoms with Gasteiger partial charge in [0.1, 0.15) is 11.5 Å². The van der Waals surface area contributed by atoms with Gasteiger partial charge in [0.15, 0.2) is 0 Å². The van der Waals surface area contributed by atoms with Gasteiger partial charge in [-0.25, -0.2) is 0 Å². The van der Waals surface area contributed by atoms with Crippen molar-refractivity contribution in [2.24, 2.45) is 0 Å². The molecule has 6 nitrogen and oxygen atoms in total. The minimum atomic E-state index is 0.913. The molecule has 2 aromatic rings. The molecule has 4 N–H and O–H groups in total. The molecule has 2 aromatic carbocycles. The average Bonchev–Trinajstić information content (AvgIpc) is 2.99. The largest absolute Gasteiger partial charge is 0.497 e. The highest BCUT2D eigenvalue weighted by Crippen LogP contribution is 2.19. The Morgan fingerprint density at radius 2 is 0.900 bits per heavy atom. The SMILES string of the molecule is COc1cccc(CNCCCCCCNCCSSCCNCCCCCCNCc2cccc(OC)c2)c1. The molecule has 0 heterocycles. The van der Waals surface area contributed by atoms with Crippen molar-refractivity contribution in [1.82, 2.24) is 21.3 Å². The zero-order chi connectivity index (χ0) is 28.4. The zero-order valence-corrected chi connectivity index (χ0v) is 26.6. The van der Waals surface area contributed by atoms with Crippen molar-refractivity contribution in [2.45, 2.75) is 64.5 Å². The van der Waals surface area contributed by atoms with E-state index in [0.717, 1.165) is 63.9 Å². The number of nitrogens with one attached hydrogen (secondary N) is 4. The molecule has 0 atom stereocenters. The third-order valence-electron chi connectivity index (χ3n) is 6.65. The molecule has 0 fully saturated rings. The van der Waals surface area contributed by atoms with Gasteiger partial charge in [0.25, 0.3) is 0 Å². The van der Waals surface area contributed by atoms with E-state index in [1.54, 1.807) is 14.2 Å². The molecule has 0 radical (unpaired) electrons. The highest BCUT2D eigenvalue weighted by Gasteiger charge is 1.98. The van der Waals surface area contributed by atoms with E-state index in [1.807, 2.05) is 45.9 Å². The van der Waals surface area contributed by atoms with Gasteiger partial charge in [-0.1, -0.05) is 71.5 Å². The zero-order valence-electron chi connectivity index (χ0n) is 25.0. The molecule has 2 rings (SSSR count). The van der Waals surface area contributed by atoms with Crippen molar-refractivity contribution in [1.29, 1.82) is 0 Å². The molecule has 226 valence electrons. The highest BCUT2D eigenvalue weighted by atomic mass is 33.1. The van der Waals surface area contributed by atoms with Crippen LogP contribution in [0.2, 0.25) is 0 Å². The van der Waals surface area contributed by atoms with Crippen molar-refractivity contribution < 1.29 is 9.47 Å². The van der Waals surface area contributed by atoms with Gasteiger partial charge in [-0.15, -0.1) is 0 Å². The van der Waals surface area contributed by atoms with Crippen molar-refractivity contribution >= 4 is 21.6 Å². The first-order valence-electron chi connectivity index (χ1n) is 15.1. The topological polar surface area (TPSA) is 66.6 Å². The lowest BCUT2D eigenvalue weighted by Crippen LogP contribution is -2.19. The second kappa shape index (κ2) is 25.3. The first kappa shape index (κ1) is 34.8. The molecule has 0 aromatic heterocycles. The number of hydrogen-bond donors (Lipinski definition) is 4. The number of ether oxygens (including phenoxy) is 2. The van der Waals surface area contributed by atoms with Gasteiger partial charge in [0.05, 0.1) is 14.2 Å². The molecule has 8 heteroatoms. The van der Waals surface area contributed by atoms with Gasteiger partial charge >= 0.3 is 0 Å². The molecule has 0 spiro atoms. The predicted molar refractivity (Wildman–Crippen MR) is 177 cm³/mol. The quantitative estimate of drug-likeness (QED) is 0.0718. The Kier molecular flexibility index (Phi) is 22.0. The van der Waals surface area contributed by atoms with Gasteiger partial charge < -0.3 is 30.7 Å². The van der Waals surface area contributed by atoms with Crippen molar-refractivity contribution in [2.75, 3.05) is 65.0 Å². The van der Waals surface area contributed by atoms with Gasteiger partial charge in [-0.05, 0) is 87.3 Å². The fourth-order valence-corrected chi connectivity index (χ4v) is 6.23. The van der Waals surface area contributed by atoms with Gasteiger partial charge in [0.2, 0.25) is 0 Å². The number of rotatable bonds is 27. The normalized spacial score (nSPS) is 11.2. The van der Waals surface area contributed by atoms with E-state index in [2.05, 4.69) is 45.5 Å². The summed E-state index contributed by atoms with van der Waals surface area (Å²) in [4.78, 5) is 0. The summed E-state index contributed by atoms with van der Waals surface area (Å²) in [5, 5.41) is 14.2. The number of hydrogen-bond acceptors (Lipinski definition) is 8. The van der Waals surface area contributed by atoms with Crippen LogP contribution >= 0.6 is 21.6 Å². The van der Waals surface area contributed by atoms with Crippen LogP contribution in [0.4, 0.5) is 0 Å². The van der Waals surface area contributed by atoms with E-state index in [4.69, 9.17) is 9.47 Å². The molecule has 40 heavy (non-hydrogen) atoms. The van der Waals surface area contributed by atoms with Crippen molar-refractivity contribution in [3.63, 3.8) is 0 Å². The molecule has 0 amide bonds. The minimum absolute atomic E-state index is 0.913. The minimum Gasteiger partial charge on any atom is -0.497 e. The maximum Gasteiger partial charge on any atom is 0.119 e. The predicted octanol–water partition coefficient (Wildman–Crippen LogP) is 6.26. The number of benzene rings is 2. The number of methoxy groups -OCH3 is 2. The molecule has 0 aliphatic heterocycles. The van der Waals surface area contributed by atoms with Crippen LogP contribution < -0.4 is 30.7 Å². The van der Waals surface area contributed by atoms with Crippen LogP contribution in [0.15, 0.2) is 48.5 Å². The highest BCUT2D eigenvalue weighted by molar-refractivity contribution is 8.76. The average molecular weight is 591 g/mol. The monoisotopic (exact) mass is 590 g/mol. The van der Waals surface area contributed by atoms with E-state index >= 15 is 0 Å². The fourth-order valence-electron chi connectivity index (χ4n) is 4.33. The van der Waals surface area contributed by atoms with Crippen LogP contribution in [0.5, 0.6) is 11.5 Å². The first-order valence-corrected chi connectivity index (χ1v) is 17.6. The lowest BCUT2D eigenvalue weighted by atomic mass is 10.2. The maximum absolute atomic E-state index is 5.28.